The predicted octanol–water partition coefficient (Wildman–Crippen LogP) is 0.483. The predicted molar refractivity (Wildman–Crippen MR) is 117 cm³/mol. The molecule has 2 aromatic carbocycles. The summed E-state index contributed by atoms with van der Waals surface area (Å²) in [5.41, 5.74) is -0.465. The molecule has 0 bridgehead atoms. The van der Waals surface area contributed by atoms with Crippen molar-refractivity contribution in [1.29, 1.82) is 0 Å². The second-order valence-corrected chi connectivity index (χ2v) is 7.49. The van der Waals surface area contributed by atoms with Crippen molar-refractivity contribution < 1.29 is 53.4 Å². The van der Waals surface area contributed by atoms with E-state index in [0.717, 1.165) is 18.2 Å². The van der Waals surface area contributed by atoms with E-state index in [0.29, 0.717) is 5.56 Å². The lowest BCUT2D eigenvalue weighted by Crippen LogP contribution is -2.55. The maximum absolute atomic E-state index is 13.0. The first kappa shape index (κ1) is 24.0. The number of hydrogen-bond donors (Lipinski definition) is 4. The number of hydrogen-bond acceptors (Lipinski definition) is 12. The standard InChI is InChI=1S/C23H20O12/c1-31-15-3-9(4-16(32-2)19(15)27)12-7-11(26)18-13(33-12)5-10(25)6-14(18)34-23-22(30)21(29)20(28)17(8-24)35-23/h3-7,17,21,23-25,27,29H,8H2,1-2H3/t17-,21+,23-/m1/s1. The zero-order valence-electron chi connectivity index (χ0n) is 18.4. The molecular formula is C23H20O12. The SMILES string of the molecule is COc1cc(-c2cc(=O)c3c(O[C@@H]4O[C@H](CO)C(=O)[C@H](O)C4=O)cc(O)cc3o2)cc(OC)c1O. The molecule has 0 saturated carbocycles. The van der Waals surface area contributed by atoms with Gasteiger partial charge in [-0.25, -0.2) is 0 Å². The number of ether oxygens (including phenoxy) is 4. The third-order valence-corrected chi connectivity index (χ3v) is 5.32. The average Bonchev–Trinajstić information content (AvgIpc) is 2.83. The average molecular weight is 488 g/mol. The number of aliphatic hydroxyl groups excluding tert-OH is 2. The quantitative estimate of drug-likeness (QED) is 0.353. The lowest BCUT2D eigenvalue weighted by Gasteiger charge is -2.29. The van der Waals surface area contributed by atoms with E-state index in [1.165, 1.54) is 26.4 Å². The van der Waals surface area contributed by atoms with E-state index in [1.54, 1.807) is 0 Å². The van der Waals surface area contributed by atoms with Crippen molar-refractivity contribution in [1.82, 2.24) is 0 Å². The Morgan fingerprint density at radius 2 is 1.57 bits per heavy atom. The van der Waals surface area contributed by atoms with Crippen LogP contribution in [-0.2, 0) is 14.3 Å². The third-order valence-electron chi connectivity index (χ3n) is 5.32. The van der Waals surface area contributed by atoms with Gasteiger partial charge in [0.1, 0.15) is 34.3 Å². The van der Waals surface area contributed by atoms with Gasteiger partial charge in [-0.1, -0.05) is 0 Å². The van der Waals surface area contributed by atoms with Crippen molar-refractivity contribution in [3.8, 4) is 40.1 Å². The van der Waals surface area contributed by atoms with E-state index in [2.05, 4.69) is 0 Å². The molecule has 0 spiro atoms. The van der Waals surface area contributed by atoms with E-state index < -0.39 is 47.8 Å². The van der Waals surface area contributed by atoms with Crippen LogP contribution in [0.1, 0.15) is 0 Å². The summed E-state index contributed by atoms with van der Waals surface area (Å²) >= 11 is 0. The van der Waals surface area contributed by atoms with Gasteiger partial charge in [0.15, 0.2) is 28.8 Å². The fraction of sp³-hybridized carbons (Fsp3) is 0.261. The van der Waals surface area contributed by atoms with Crippen molar-refractivity contribution in [3.05, 3.63) is 40.6 Å². The van der Waals surface area contributed by atoms with Gasteiger partial charge in [-0.05, 0) is 12.1 Å². The number of aliphatic hydroxyl groups is 2. The molecule has 1 aromatic heterocycles. The van der Waals surface area contributed by atoms with Gasteiger partial charge in [-0.2, -0.15) is 0 Å². The molecule has 1 saturated heterocycles. The van der Waals surface area contributed by atoms with Crippen molar-refractivity contribution >= 4 is 22.5 Å². The maximum atomic E-state index is 13.0. The maximum Gasteiger partial charge on any atom is 0.263 e. The number of Topliss-reactive ketones (excluding diaryl/α,β-unsaturated/α-hetero) is 2. The van der Waals surface area contributed by atoms with Crippen LogP contribution in [0.3, 0.4) is 0 Å². The molecule has 0 radical (unpaired) electrons. The molecule has 1 fully saturated rings. The number of methoxy groups -OCH3 is 2. The van der Waals surface area contributed by atoms with Crippen LogP contribution >= 0.6 is 0 Å². The zero-order chi connectivity index (χ0) is 25.4. The van der Waals surface area contributed by atoms with Crippen LogP contribution < -0.4 is 19.6 Å². The van der Waals surface area contributed by atoms with Crippen molar-refractivity contribution in [3.63, 3.8) is 0 Å². The molecule has 0 amide bonds. The summed E-state index contributed by atoms with van der Waals surface area (Å²) in [6.45, 7) is -0.811. The molecular weight excluding hydrogens is 468 g/mol. The van der Waals surface area contributed by atoms with Gasteiger partial charge in [-0.3, -0.25) is 14.4 Å². The Labute approximate surface area is 196 Å². The summed E-state index contributed by atoms with van der Waals surface area (Å²) in [7, 11) is 2.66. The number of ketones is 2. The van der Waals surface area contributed by atoms with Gasteiger partial charge >= 0.3 is 0 Å². The zero-order valence-corrected chi connectivity index (χ0v) is 18.4. The van der Waals surface area contributed by atoms with Crippen molar-refractivity contribution in [2.24, 2.45) is 0 Å². The Morgan fingerprint density at radius 3 is 2.17 bits per heavy atom. The number of rotatable bonds is 6. The molecule has 3 aromatic rings. The minimum absolute atomic E-state index is 0.0296. The van der Waals surface area contributed by atoms with Gasteiger partial charge in [-0.15, -0.1) is 0 Å². The number of carbonyl (C=O) groups excluding carboxylic acids is 2. The molecule has 184 valence electrons. The smallest absolute Gasteiger partial charge is 0.263 e. The fourth-order valence-electron chi connectivity index (χ4n) is 3.57. The van der Waals surface area contributed by atoms with Gasteiger partial charge < -0.3 is 43.8 Å². The Kier molecular flexibility index (Phi) is 6.35. The second kappa shape index (κ2) is 9.25. The van der Waals surface area contributed by atoms with E-state index in [1.807, 2.05) is 0 Å². The molecule has 4 rings (SSSR count). The monoisotopic (exact) mass is 488 g/mol. The molecule has 0 unspecified atom stereocenters. The first-order valence-electron chi connectivity index (χ1n) is 10.1. The van der Waals surface area contributed by atoms with Crippen LogP contribution in [0.5, 0.6) is 28.7 Å². The Balaban J connectivity index is 1.80. The van der Waals surface area contributed by atoms with Crippen LogP contribution in [0.25, 0.3) is 22.3 Å². The number of fused-ring (bicyclic) bond motifs is 1. The second-order valence-electron chi connectivity index (χ2n) is 7.49. The van der Waals surface area contributed by atoms with Crippen LogP contribution in [0, 0.1) is 0 Å². The van der Waals surface area contributed by atoms with Crippen LogP contribution in [0.15, 0.2) is 39.5 Å². The van der Waals surface area contributed by atoms with Crippen molar-refractivity contribution in [2.75, 3.05) is 20.8 Å². The van der Waals surface area contributed by atoms with Crippen LogP contribution in [0.4, 0.5) is 0 Å². The summed E-state index contributed by atoms with van der Waals surface area (Å²) < 4.78 is 26.6. The van der Waals surface area contributed by atoms with Gasteiger partial charge in [0, 0.05) is 23.8 Å². The first-order valence-corrected chi connectivity index (χ1v) is 10.1. The van der Waals surface area contributed by atoms with E-state index in [4.69, 9.17) is 23.4 Å². The Morgan fingerprint density at radius 1 is 0.914 bits per heavy atom. The number of phenols is 2. The van der Waals surface area contributed by atoms with Gasteiger partial charge in [0.25, 0.3) is 6.29 Å². The summed E-state index contributed by atoms with van der Waals surface area (Å²) in [5.74, 6) is -2.99. The highest BCUT2D eigenvalue weighted by Crippen LogP contribution is 2.41. The summed E-state index contributed by atoms with van der Waals surface area (Å²) in [5, 5.41) is 39.2. The number of carbonyl (C=O) groups is 2. The molecule has 1 aliphatic heterocycles. The minimum atomic E-state index is -2.09. The Hall–Kier alpha value is -4.13. The van der Waals surface area contributed by atoms with Crippen molar-refractivity contribution in [2.45, 2.75) is 18.5 Å². The highest BCUT2D eigenvalue weighted by molar-refractivity contribution is 6.10. The normalized spacial score (nSPS) is 20.2. The van der Waals surface area contributed by atoms with Gasteiger partial charge in [0.2, 0.25) is 11.5 Å². The van der Waals surface area contributed by atoms with Gasteiger partial charge in [0.05, 0.1) is 20.8 Å². The fourth-order valence-corrected chi connectivity index (χ4v) is 3.57. The largest absolute Gasteiger partial charge is 0.508 e. The topological polar surface area (TPSA) is 182 Å². The minimum Gasteiger partial charge on any atom is -0.508 e. The highest BCUT2D eigenvalue weighted by Gasteiger charge is 2.44. The molecule has 12 nitrogen and oxygen atoms in total. The lowest BCUT2D eigenvalue weighted by molar-refractivity contribution is -0.193. The van der Waals surface area contributed by atoms with Crippen LogP contribution in [-0.4, -0.2) is 71.3 Å². The number of phenolic OH excluding ortho intramolecular Hbond substituents is 2. The molecule has 4 N–H and O–H groups in total. The molecule has 35 heavy (non-hydrogen) atoms. The Bertz CT molecular complexity index is 1350. The molecule has 0 aliphatic carbocycles. The molecule has 2 heterocycles. The summed E-state index contributed by atoms with van der Waals surface area (Å²) in [4.78, 5) is 37.1. The lowest BCUT2D eigenvalue weighted by atomic mass is 10.0. The summed E-state index contributed by atoms with van der Waals surface area (Å²) in [6, 6.07) is 6.09. The summed E-state index contributed by atoms with van der Waals surface area (Å²) in [6.07, 6.45) is -5.44. The third kappa shape index (κ3) is 4.25. The van der Waals surface area contributed by atoms with E-state index >= 15 is 0 Å². The molecule has 1 aliphatic rings. The van der Waals surface area contributed by atoms with Crippen LogP contribution in [0.2, 0.25) is 0 Å². The van der Waals surface area contributed by atoms with E-state index in [9.17, 15) is 34.8 Å². The van der Waals surface area contributed by atoms with E-state index in [-0.39, 0.29) is 39.7 Å². The molecule has 3 atom stereocenters. The number of aromatic hydroxyl groups is 2. The first-order chi connectivity index (χ1) is 16.7. The molecule has 12 heteroatoms. The number of benzene rings is 2. The highest BCUT2D eigenvalue weighted by atomic mass is 16.7.